The van der Waals surface area contributed by atoms with Crippen LogP contribution in [0.2, 0.25) is 0 Å². The number of hydrogen-bond acceptors (Lipinski definition) is 4. The number of hydrogen-bond donors (Lipinski definition) is 1. The van der Waals surface area contributed by atoms with E-state index in [-0.39, 0.29) is 11.2 Å². The first-order valence-corrected chi connectivity index (χ1v) is 7.66. The lowest BCUT2D eigenvalue weighted by Crippen LogP contribution is -2.30. The molecule has 1 atom stereocenters. The minimum atomic E-state index is -0.0350. The maximum Gasteiger partial charge on any atom is 0.233 e. The van der Waals surface area contributed by atoms with Crippen LogP contribution in [-0.2, 0) is 11.3 Å². The van der Waals surface area contributed by atoms with Crippen LogP contribution in [0.1, 0.15) is 18.3 Å². The Morgan fingerprint density at radius 1 is 1.45 bits per heavy atom. The van der Waals surface area contributed by atoms with E-state index in [1.165, 1.54) is 11.8 Å². The quantitative estimate of drug-likeness (QED) is 0.914. The van der Waals surface area contributed by atoms with Crippen molar-refractivity contribution in [3.8, 4) is 5.82 Å². The van der Waals surface area contributed by atoms with E-state index in [1.54, 1.807) is 12.4 Å². The molecule has 0 saturated carbocycles. The van der Waals surface area contributed by atoms with Gasteiger partial charge in [-0.15, -0.1) is 0 Å². The molecule has 2 heterocycles. The van der Waals surface area contributed by atoms with E-state index in [9.17, 15) is 4.79 Å². The van der Waals surface area contributed by atoms with Crippen LogP contribution in [0.3, 0.4) is 0 Å². The molecule has 0 bridgehead atoms. The number of nitrogens with zero attached hydrogens (tertiary/aromatic N) is 3. The molecule has 106 valence electrons. The predicted octanol–water partition coefficient (Wildman–Crippen LogP) is 1.94. The molecule has 1 amide bonds. The SMILES string of the molecule is CS[C@@H](C)C(=O)NCc1ccnc(-n2ccnc2C)c1. The molecular formula is C14H18N4OS. The zero-order valence-electron chi connectivity index (χ0n) is 11.8. The summed E-state index contributed by atoms with van der Waals surface area (Å²) in [5.74, 6) is 1.74. The zero-order valence-corrected chi connectivity index (χ0v) is 12.6. The highest BCUT2D eigenvalue weighted by Gasteiger charge is 2.10. The van der Waals surface area contributed by atoms with Gasteiger partial charge in [0.1, 0.15) is 11.6 Å². The molecule has 0 aliphatic carbocycles. The van der Waals surface area contributed by atoms with E-state index in [0.29, 0.717) is 6.54 Å². The minimum absolute atomic E-state index is 0.0350. The molecule has 2 rings (SSSR count). The molecule has 0 aliphatic heterocycles. The first-order chi connectivity index (χ1) is 9.61. The Hall–Kier alpha value is -1.82. The number of aryl methyl sites for hydroxylation is 1. The highest BCUT2D eigenvalue weighted by molar-refractivity contribution is 7.99. The summed E-state index contributed by atoms with van der Waals surface area (Å²) in [6, 6.07) is 3.86. The summed E-state index contributed by atoms with van der Waals surface area (Å²) in [7, 11) is 0. The van der Waals surface area contributed by atoms with Gasteiger partial charge in [0.2, 0.25) is 5.91 Å². The fourth-order valence-corrected chi connectivity index (χ4v) is 2.06. The van der Waals surface area contributed by atoms with Gasteiger partial charge in [0.25, 0.3) is 0 Å². The Morgan fingerprint density at radius 3 is 2.90 bits per heavy atom. The highest BCUT2D eigenvalue weighted by atomic mass is 32.2. The van der Waals surface area contributed by atoms with Crippen LogP contribution in [0.15, 0.2) is 30.7 Å². The van der Waals surface area contributed by atoms with Crippen molar-refractivity contribution in [2.24, 2.45) is 0 Å². The van der Waals surface area contributed by atoms with Crippen molar-refractivity contribution in [2.45, 2.75) is 25.6 Å². The first-order valence-electron chi connectivity index (χ1n) is 6.37. The van der Waals surface area contributed by atoms with Crippen LogP contribution in [0.25, 0.3) is 5.82 Å². The minimum Gasteiger partial charge on any atom is -0.351 e. The molecule has 0 spiro atoms. The van der Waals surface area contributed by atoms with Crippen LogP contribution in [0.5, 0.6) is 0 Å². The lowest BCUT2D eigenvalue weighted by atomic mass is 10.2. The van der Waals surface area contributed by atoms with Crippen molar-refractivity contribution in [1.29, 1.82) is 0 Å². The predicted molar refractivity (Wildman–Crippen MR) is 80.9 cm³/mol. The summed E-state index contributed by atoms with van der Waals surface area (Å²) in [6.45, 7) is 4.33. The van der Waals surface area contributed by atoms with Crippen molar-refractivity contribution in [1.82, 2.24) is 19.9 Å². The largest absolute Gasteiger partial charge is 0.351 e. The first kappa shape index (κ1) is 14.6. The van der Waals surface area contributed by atoms with E-state index >= 15 is 0 Å². The van der Waals surface area contributed by atoms with Gasteiger partial charge >= 0.3 is 0 Å². The van der Waals surface area contributed by atoms with Crippen molar-refractivity contribution in [2.75, 3.05) is 6.26 Å². The molecule has 2 aromatic heterocycles. The smallest absolute Gasteiger partial charge is 0.233 e. The second-order valence-corrected chi connectivity index (χ2v) is 5.64. The molecule has 0 unspecified atom stereocenters. The number of pyridine rings is 1. The average molecular weight is 290 g/mol. The zero-order chi connectivity index (χ0) is 14.5. The highest BCUT2D eigenvalue weighted by Crippen LogP contribution is 2.10. The van der Waals surface area contributed by atoms with Crippen molar-refractivity contribution >= 4 is 17.7 Å². The maximum atomic E-state index is 11.8. The summed E-state index contributed by atoms with van der Waals surface area (Å²) in [5, 5.41) is 2.89. The number of amides is 1. The lowest BCUT2D eigenvalue weighted by molar-refractivity contribution is -0.120. The Morgan fingerprint density at radius 2 is 2.25 bits per heavy atom. The van der Waals surface area contributed by atoms with Crippen LogP contribution in [0.4, 0.5) is 0 Å². The fourth-order valence-electron chi connectivity index (χ4n) is 1.76. The molecule has 2 aromatic rings. The second kappa shape index (κ2) is 6.56. The van der Waals surface area contributed by atoms with Crippen molar-refractivity contribution in [3.63, 3.8) is 0 Å². The van der Waals surface area contributed by atoms with Crippen LogP contribution < -0.4 is 5.32 Å². The van der Waals surface area contributed by atoms with E-state index in [1.807, 2.05) is 43.0 Å². The van der Waals surface area contributed by atoms with E-state index in [4.69, 9.17) is 0 Å². The number of aromatic nitrogens is 3. The van der Waals surface area contributed by atoms with E-state index < -0.39 is 0 Å². The summed E-state index contributed by atoms with van der Waals surface area (Å²) in [4.78, 5) is 20.3. The van der Waals surface area contributed by atoms with Gasteiger partial charge in [-0.3, -0.25) is 9.36 Å². The van der Waals surface area contributed by atoms with E-state index in [2.05, 4.69) is 15.3 Å². The molecule has 5 nitrogen and oxygen atoms in total. The standard InChI is InChI=1S/C14H18N4OS/c1-10(20-3)14(19)17-9-12-4-5-16-13(8-12)18-7-6-15-11(18)2/h4-8,10H,9H2,1-3H3,(H,17,19)/t10-/m0/s1. The lowest BCUT2D eigenvalue weighted by Gasteiger charge is -2.10. The number of nitrogens with one attached hydrogen (secondary N) is 1. The average Bonchev–Trinajstić information content (AvgIpc) is 2.90. The van der Waals surface area contributed by atoms with Gasteiger partial charge in [-0.05, 0) is 37.8 Å². The molecular weight excluding hydrogens is 272 g/mol. The van der Waals surface area contributed by atoms with Crippen LogP contribution >= 0.6 is 11.8 Å². The number of carbonyl (C=O) groups excluding carboxylic acids is 1. The monoisotopic (exact) mass is 290 g/mol. The molecule has 1 N–H and O–H groups in total. The maximum absolute atomic E-state index is 11.8. The third-order valence-corrected chi connectivity index (χ3v) is 3.99. The van der Waals surface area contributed by atoms with Gasteiger partial charge in [0.15, 0.2) is 0 Å². The molecule has 0 saturated heterocycles. The Labute approximate surface area is 122 Å². The third kappa shape index (κ3) is 3.39. The molecule has 0 radical (unpaired) electrons. The normalized spacial score (nSPS) is 12.2. The summed E-state index contributed by atoms with van der Waals surface area (Å²) >= 11 is 1.53. The van der Waals surface area contributed by atoms with Gasteiger partial charge in [-0.2, -0.15) is 11.8 Å². The molecule has 20 heavy (non-hydrogen) atoms. The Bertz CT molecular complexity index is 596. The van der Waals surface area contributed by atoms with Crippen molar-refractivity contribution in [3.05, 3.63) is 42.1 Å². The Balaban J connectivity index is 2.07. The number of carbonyl (C=O) groups is 1. The van der Waals surface area contributed by atoms with Gasteiger partial charge < -0.3 is 5.32 Å². The molecule has 0 aliphatic rings. The van der Waals surface area contributed by atoms with Crippen LogP contribution in [-0.4, -0.2) is 31.9 Å². The molecule has 6 heteroatoms. The fraction of sp³-hybridized carbons (Fsp3) is 0.357. The van der Waals surface area contributed by atoms with Crippen molar-refractivity contribution < 1.29 is 4.79 Å². The number of imidazole rings is 1. The van der Waals surface area contributed by atoms with Gasteiger partial charge in [0.05, 0.1) is 5.25 Å². The Kier molecular flexibility index (Phi) is 4.79. The summed E-state index contributed by atoms with van der Waals surface area (Å²) in [5.41, 5.74) is 1.02. The second-order valence-electron chi connectivity index (χ2n) is 4.46. The summed E-state index contributed by atoms with van der Waals surface area (Å²) in [6.07, 6.45) is 7.28. The molecule has 0 aromatic carbocycles. The molecule has 0 fully saturated rings. The topological polar surface area (TPSA) is 59.8 Å². The van der Waals surface area contributed by atoms with Gasteiger partial charge in [0, 0.05) is 25.1 Å². The van der Waals surface area contributed by atoms with Crippen LogP contribution in [0, 0.1) is 6.92 Å². The number of rotatable bonds is 5. The third-order valence-electron chi connectivity index (χ3n) is 3.07. The van der Waals surface area contributed by atoms with E-state index in [0.717, 1.165) is 17.2 Å². The number of thioether (sulfide) groups is 1. The van der Waals surface area contributed by atoms with Gasteiger partial charge in [-0.25, -0.2) is 9.97 Å². The summed E-state index contributed by atoms with van der Waals surface area (Å²) < 4.78 is 1.91. The van der Waals surface area contributed by atoms with Gasteiger partial charge in [-0.1, -0.05) is 0 Å².